The van der Waals surface area contributed by atoms with Gasteiger partial charge in [0, 0.05) is 17.8 Å². The molecule has 3 saturated heterocycles. The summed E-state index contributed by atoms with van der Waals surface area (Å²) >= 11 is 1.63. The quantitative estimate of drug-likeness (QED) is 0.241. The van der Waals surface area contributed by atoms with Crippen LogP contribution in [0.5, 0.6) is 0 Å². The van der Waals surface area contributed by atoms with E-state index >= 15 is 0 Å². The van der Waals surface area contributed by atoms with Crippen molar-refractivity contribution >= 4 is 29.5 Å². The average molecular weight is 493 g/mol. The number of hydrogen-bond donors (Lipinski definition) is 1. The van der Waals surface area contributed by atoms with E-state index in [0.717, 1.165) is 25.7 Å². The number of likely N-dealkylation sites (tertiary alicyclic amines) is 1. The molecule has 190 valence electrons. The topological polar surface area (TPSA) is 87.1 Å². The van der Waals surface area contributed by atoms with E-state index in [0.29, 0.717) is 32.5 Å². The fraction of sp³-hybridized carbons (Fsp3) is 0.731. The van der Waals surface area contributed by atoms with Crippen molar-refractivity contribution in [3.63, 3.8) is 0 Å². The highest BCUT2D eigenvalue weighted by atomic mass is 32.2. The number of hydrogen-bond acceptors (Lipinski definition) is 6. The summed E-state index contributed by atoms with van der Waals surface area (Å²) in [5.41, 5.74) is 0. The van der Waals surface area contributed by atoms with Crippen LogP contribution in [-0.4, -0.2) is 80.6 Å². The summed E-state index contributed by atoms with van der Waals surface area (Å²) in [6.07, 6.45) is 8.18. The maximum atomic E-state index is 14.0. The summed E-state index contributed by atoms with van der Waals surface area (Å²) in [4.78, 5) is 44.6. The van der Waals surface area contributed by atoms with E-state index in [1.54, 1.807) is 40.6 Å². The van der Waals surface area contributed by atoms with E-state index in [1.807, 2.05) is 6.92 Å². The van der Waals surface area contributed by atoms with Crippen molar-refractivity contribution in [3.05, 3.63) is 25.3 Å². The lowest BCUT2D eigenvalue weighted by Crippen LogP contribution is -2.57. The average Bonchev–Trinajstić information content (AvgIpc) is 3.39. The van der Waals surface area contributed by atoms with Crippen LogP contribution < -0.4 is 0 Å². The summed E-state index contributed by atoms with van der Waals surface area (Å²) in [6, 6.07) is -1.23. The molecule has 0 aromatic carbocycles. The number of carbonyl (C=O) groups is 3. The smallest absolute Gasteiger partial charge is 0.311 e. The fourth-order valence-corrected chi connectivity index (χ4v) is 8.35. The molecule has 3 fully saturated rings. The van der Waals surface area contributed by atoms with Gasteiger partial charge in [0.1, 0.15) is 6.04 Å². The van der Waals surface area contributed by atoms with Crippen molar-refractivity contribution in [2.24, 2.45) is 11.8 Å². The molecule has 1 N–H and O–H groups in total. The normalized spacial score (nSPS) is 32.4. The third-order valence-electron chi connectivity index (χ3n) is 7.68. The Kier molecular flexibility index (Phi) is 8.56. The van der Waals surface area contributed by atoms with E-state index < -0.39 is 33.4 Å². The predicted octanol–water partition coefficient (Wildman–Crippen LogP) is 3.17. The van der Waals surface area contributed by atoms with E-state index in [9.17, 15) is 19.5 Å². The predicted molar refractivity (Wildman–Crippen MR) is 134 cm³/mol. The van der Waals surface area contributed by atoms with Crippen molar-refractivity contribution < 1.29 is 24.2 Å². The number of fused-ring (bicyclic) bond motifs is 1. The first-order chi connectivity index (χ1) is 16.2. The number of rotatable bonds is 13. The Labute approximate surface area is 208 Å². The van der Waals surface area contributed by atoms with E-state index in [-0.39, 0.29) is 24.4 Å². The molecule has 3 aliphatic heterocycles. The maximum absolute atomic E-state index is 14.0. The molecule has 2 amide bonds. The first-order valence-corrected chi connectivity index (χ1v) is 13.3. The highest BCUT2D eigenvalue weighted by Gasteiger charge is 2.78. The zero-order valence-electron chi connectivity index (χ0n) is 20.8. The summed E-state index contributed by atoms with van der Waals surface area (Å²) in [5.74, 6) is -1.89. The lowest BCUT2D eigenvalue weighted by Gasteiger charge is -2.38. The number of unbranched alkanes of at least 4 members (excludes halogenated alkanes) is 2. The monoisotopic (exact) mass is 492 g/mol. The second kappa shape index (κ2) is 10.9. The second-order valence-electron chi connectivity index (χ2n) is 10.0. The molecule has 1 spiro atoms. The number of esters is 1. The molecule has 8 heteroatoms. The van der Waals surface area contributed by atoms with E-state index in [1.165, 1.54) is 0 Å². The number of thioether (sulfide) groups is 1. The van der Waals surface area contributed by atoms with E-state index in [4.69, 9.17) is 4.74 Å². The zero-order chi connectivity index (χ0) is 25.1. The van der Waals surface area contributed by atoms with Crippen LogP contribution >= 0.6 is 11.8 Å². The minimum Gasteiger partial charge on any atom is -0.465 e. The Bertz CT molecular complexity index is 819. The van der Waals surface area contributed by atoms with Gasteiger partial charge in [-0.3, -0.25) is 14.4 Å². The van der Waals surface area contributed by atoms with Gasteiger partial charge in [-0.15, -0.1) is 24.9 Å². The van der Waals surface area contributed by atoms with Crippen LogP contribution in [0, 0.1) is 11.8 Å². The van der Waals surface area contributed by atoms with Crippen LogP contribution in [0.2, 0.25) is 0 Å². The molecule has 0 saturated carbocycles. The molecule has 0 aliphatic carbocycles. The molecule has 3 heterocycles. The van der Waals surface area contributed by atoms with Crippen molar-refractivity contribution in [2.75, 3.05) is 26.3 Å². The first-order valence-electron chi connectivity index (χ1n) is 12.5. The Morgan fingerprint density at radius 3 is 2.68 bits per heavy atom. The number of carbonyl (C=O) groups excluding carboxylic acids is 3. The zero-order valence-corrected chi connectivity index (χ0v) is 21.6. The molecule has 3 rings (SSSR count). The van der Waals surface area contributed by atoms with Gasteiger partial charge in [-0.05, 0) is 46.0 Å². The molecule has 2 unspecified atom stereocenters. The largest absolute Gasteiger partial charge is 0.465 e. The van der Waals surface area contributed by atoms with Gasteiger partial charge in [-0.25, -0.2) is 0 Å². The molecule has 2 bridgehead atoms. The molecule has 7 nitrogen and oxygen atoms in total. The van der Waals surface area contributed by atoms with Crippen LogP contribution in [0.4, 0.5) is 0 Å². The van der Waals surface area contributed by atoms with Gasteiger partial charge in [0.05, 0.1) is 35.8 Å². The Morgan fingerprint density at radius 2 is 2.06 bits per heavy atom. The van der Waals surface area contributed by atoms with Gasteiger partial charge in [0.2, 0.25) is 11.8 Å². The van der Waals surface area contributed by atoms with Gasteiger partial charge in [-0.2, -0.15) is 0 Å². The Morgan fingerprint density at radius 1 is 1.32 bits per heavy atom. The Balaban J connectivity index is 1.98. The van der Waals surface area contributed by atoms with Gasteiger partial charge in [0.15, 0.2) is 0 Å². The molecular weight excluding hydrogens is 452 g/mol. The van der Waals surface area contributed by atoms with Crippen LogP contribution in [0.15, 0.2) is 25.3 Å². The third kappa shape index (κ3) is 4.43. The number of nitrogens with zero attached hydrogens (tertiary/aromatic N) is 2. The van der Waals surface area contributed by atoms with Crippen LogP contribution in [-0.2, 0) is 19.1 Å². The minimum absolute atomic E-state index is 0.110. The lowest BCUT2D eigenvalue weighted by atomic mass is 9.66. The van der Waals surface area contributed by atoms with Crippen LogP contribution in [0.25, 0.3) is 0 Å². The molecule has 0 radical (unpaired) electrons. The van der Waals surface area contributed by atoms with Gasteiger partial charge in [-0.1, -0.05) is 25.5 Å². The van der Waals surface area contributed by atoms with Gasteiger partial charge in [0.25, 0.3) is 0 Å². The summed E-state index contributed by atoms with van der Waals surface area (Å²) in [5, 5.41) is 9.98. The van der Waals surface area contributed by atoms with E-state index in [2.05, 4.69) is 20.1 Å². The first kappa shape index (κ1) is 26.8. The maximum Gasteiger partial charge on any atom is 0.311 e. The standard InChI is InChI=1S/C26H40N2O5S/c1-6-9-11-16-33-24(32)20-19-22(30)28(18(4)17-29)21(26(19)13-12-25(20,5)34-26)23(31)27(14-8-3)15-10-7-2/h6,8,18-21,29H,1,3,7,9-17H2,2,4-5H3/t18-,19+,20-,21?,25+,26?/m1/s1. The molecule has 3 aliphatic rings. The minimum atomic E-state index is -0.714. The highest BCUT2D eigenvalue weighted by molar-refractivity contribution is 8.02. The summed E-state index contributed by atoms with van der Waals surface area (Å²) < 4.78 is 4.49. The number of amides is 2. The molecule has 6 atom stereocenters. The summed E-state index contributed by atoms with van der Waals surface area (Å²) in [6.45, 7) is 14.4. The second-order valence-corrected chi connectivity index (χ2v) is 11.9. The summed E-state index contributed by atoms with van der Waals surface area (Å²) in [7, 11) is 0. The van der Waals surface area contributed by atoms with Crippen molar-refractivity contribution in [1.29, 1.82) is 0 Å². The Hall–Kier alpha value is -1.80. The SMILES string of the molecule is C=CCCCOC(=O)[C@H]1[C@H]2C(=O)N([C@H](C)CO)C(C(=O)N(CC=C)CCCC)C23CC[C@]1(C)S3. The number of aliphatic hydroxyl groups excluding tert-OH is 1. The molecule has 0 aromatic heterocycles. The van der Waals surface area contributed by atoms with Crippen LogP contribution in [0.3, 0.4) is 0 Å². The van der Waals surface area contributed by atoms with Crippen molar-refractivity contribution in [2.45, 2.75) is 80.9 Å². The highest BCUT2D eigenvalue weighted by Crippen LogP contribution is 2.71. The number of aliphatic hydroxyl groups is 1. The molecular formula is C26H40N2O5S. The van der Waals surface area contributed by atoms with Crippen LogP contribution in [0.1, 0.15) is 59.3 Å². The fourth-order valence-electron chi connectivity index (χ4n) is 6.02. The lowest BCUT2D eigenvalue weighted by molar-refractivity contribution is -0.156. The molecule has 0 aromatic rings. The third-order valence-corrected chi connectivity index (χ3v) is 9.67. The number of allylic oxidation sites excluding steroid dienone is 1. The van der Waals surface area contributed by atoms with Gasteiger partial charge < -0.3 is 19.6 Å². The van der Waals surface area contributed by atoms with Crippen molar-refractivity contribution in [1.82, 2.24) is 9.80 Å². The molecule has 34 heavy (non-hydrogen) atoms. The van der Waals surface area contributed by atoms with Crippen molar-refractivity contribution in [3.8, 4) is 0 Å². The van der Waals surface area contributed by atoms with Gasteiger partial charge >= 0.3 is 5.97 Å². The number of ether oxygens (including phenoxy) is 1.